The number of benzene rings is 1. The van der Waals surface area contributed by atoms with Gasteiger partial charge in [0, 0.05) is 17.8 Å². The van der Waals surface area contributed by atoms with Crippen LogP contribution in [0.2, 0.25) is 10.0 Å². The van der Waals surface area contributed by atoms with E-state index in [2.05, 4.69) is 15.0 Å². The Hall–Kier alpha value is -2.20. The molecule has 150 valence electrons. The molecule has 1 atom stereocenters. The van der Waals surface area contributed by atoms with E-state index < -0.39 is 28.0 Å². The Labute approximate surface area is 172 Å². The van der Waals surface area contributed by atoms with Gasteiger partial charge in [0.05, 0.1) is 16.3 Å². The normalized spacial score (nSPS) is 12.2. The van der Waals surface area contributed by atoms with Crippen LogP contribution in [0.5, 0.6) is 0 Å². The number of halogens is 2. The summed E-state index contributed by atoms with van der Waals surface area (Å²) in [7, 11) is -3.78. The number of sulfonamides is 1. The first-order valence-corrected chi connectivity index (χ1v) is 10.3. The molecule has 0 saturated heterocycles. The Morgan fingerprint density at radius 1 is 1.11 bits per heavy atom. The highest BCUT2D eigenvalue weighted by Crippen LogP contribution is 2.14. The number of carbonyl (C=O) groups is 2. The van der Waals surface area contributed by atoms with Crippen molar-refractivity contribution in [1.29, 1.82) is 0 Å². The molecule has 0 bridgehead atoms. The summed E-state index contributed by atoms with van der Waals surface area (Å²) in [6.45, 7) is 1.21. The Morgan fingerprint density at radius 2 is 1.75 bits per heavy atom. The second kappa shape index (κ2) is 9.83. The van der Waals surface area contributed by atoms with Crippen LogP contribution in [0.4, 0.5) is 5.82 Å². The zero-order valence-corrected chi connectivity index (χ0v) is 17.0. The number of ether oxygens (including phenoxy) is 1. The summed E-state index contributed by atoms with van der Waals surface area (Å²) in [4.78, 5) is 27.8. The van der Waals surface area contributed by atoms with Crippen molar-refractivity contribution in [2.45, 2.75) is 24.3 Å². The van der Waals surface area contributed by atoms with Gasteiger partial charge in [0.25, 0.3) is 5.91 Å². The van der Waals surface area contributed by atoms with Crippen molar-refractivity contribution in [3.05, 3.63) is 52.6 Å². The van der Waals surface area contributed by atoms with Gasteiger partial charge in [-0.3, -0.25) is 9.59 Å². The molecule has 0 radical (unpaired) electrons. The van der Waals surface area contributed by atoms with E-state index in [4.69, 9.17) is 27.9 Å². The molecule has 0 spiro atoms. The van der Waals surface area contributed by atoms with Gasteiger partial charge < -0.3 is 10.1 Å². The van der Waals surface area contributed by atoms with Crippen molar-refractivity contribution in [1.82, 2.24) is 9.71 Å². The summed E-state index contributed by atoms with van der Waals surface area (Å²) in [5, 5.41) is 3.29. The summed E-state index contributed by atoms with van der Waals surface area (Å²) >= 11 is 11.4. The lowest BCUT2D eigenvalue weighted by molar-refractivity contribution is -0.152. The minimum absolute atomic E-state index is 0.0217. The fourth-order valence-electron chi connectivity index (χ4n) is 1.97. The lowest BCUT2D eigenvalue weighted by atomic mass is 10.3. The molecule has 0 aliphatic rings. The van der Waals surface area contributed by atoms with Crippen LogP contribution in [-0.2, 0) is 24.3 Å². The number of esters is 1. The third-order valence-corrected chi connectivity index (χ3v) is 5.35. The lowest BCUT2D eigenvalue weighted by Crippen LogP contribution is -2.32. The average molecular weight is 446 g/mol. The van der Waals surface area contributed by atoms with Crippen molar-refractivity contribution in [3.63, 3.8) is 0 Å². The smallest absolute Gasteiger partial charge is 0.307 e. The SMILES string of the molecule is C[C@H](OC(=O)CCNS(=O)(=O)c1ccc(Cl)cc1)C(=O)Nc1ccc(Cl)cn1. The van der Waals surface area contributed by atoms with Gasteiger partial charge in [-0.15, -0.1) is 0 Å². The fraction of sp³-hybridized carbons (Fsp3) is 0.235. The molecule has 0 fully saturated rings. The Bertz CT molecular complexity index is 934. The van der Waals surface area contributed by atoms with E-state index in [-0.39, 0.29) is 23.7 Å². The van der Waals surface area contributed by atoms with Crippen LogP contribution in [-0.4, -0.2) is 37.9 Å². The van der Waals surface area contributed by atoms with Gasteiger partial charge in [-0.1, -0.05) is 23.2 Å². The second-order valence-electron chi connectivity index (χ2n) is 5.58. The highest BCUT2D eigenvalue weighted by Gasteiger charge is 2.19. The molecule has 2 N–H and O–H groups in total. The van der Waals surface area contributed by atoms with Crippen LogP contribution in [0, 0.1) is 0 Å². The van der Waals surface area contributed by atoms with Gasteiger partial charge in [0.1, 0.15) is 5.82 Å². The molecule has 2 aromatic rings. The van der Waals surface area contributed by atoms with Gasteiger partial charge in [0.15, 0.2) is 6.10 Å². The van der Waals surface area contributed by atoms with E-state index in [1.807, 2.05) is 0 Å². The minimum atomic E-state index is -3.78. The molecular weight excluding hydrogens is 429 g/mol. The molecule has 0 aliphatic carbocycles. The zero-order chi connectivity index (χ0) is 20.7. The molecule has 11 heteroatoms. The Balaban J connectivity index is 1.78. The zero-order valence-electron chi connectivity index (χ0n) is 14.7. The summed E-state index contributed by atoms with van der Waals surface area (Å²) in [5.74, 6) is -1.05. The predicted molar refractivity (Wildman–Crippen MR) is 105 cm³/mol. The molecule has 28 heavy (non-hydrogen) atoms. The quantitative estimate of drug-likeness (QED) is 0.603. The van der Waals surface area contributed by atoms with Gasteiger partial charge in [-0.25, -0.2) is 18.1 Å². The summed E-state index contributed by atoms with van der Waals surface area (Å²) in [6.07, 6.45) is 0.0300. The Kier molecular flexibility index (Phi) is 7.76. The molecule has 8 nitrogen and oxygen atoms in total. The van der Waals surface area contributed by atoms with Crippen LogP contribution >= 0.6 is 23.2 Å². The van der Waals surface area contributed by atoms with E-state index in [1.165, 1.54) is 43.5 Å². The number of hydrogen-bond acceptors (Lipinski definition) is 6. The maximum Gasteiger partial charge on any atom is 0.307 e. The van der Waals surface area contributed by atoms with Gasteiger partial charge >= 0.3 is 5.97 Å². The number of carbonyl (C=O) groups excluding carboxylic acids is 2. The van der Waals surface area contributed by atoms with E-state index in [0.29, 0.717) is 10.0 Å². The molecule has 0 unspecified atom stereocenters. The minimum Gasteiger partial charge on any atom is -0.452 e. The fourth-order valence-corrected chi connectivity index (χ4v) is 3.24. The van der Waals surface area contributed by atoms with Gasteiger partial charge in [0.2, 0.25) is 10.0 Å². The van der Waals surface area contributed by atoms with Crippen molar-refractivity contribution in [2.24, 2.45) is 0 Å². The first kappa shape index (κ1) is 22.1. The van der Waals surface area contributed by atoms with E-state index in [0.717, 1.165) is 0 Å². The molecule has 2 rings (SSSR count). The number of hydrogen-bond donors (Lipinski definition) is 2. The highest BCUT2D eigenvalue weighted by molar-refractivity contribution is 7.89. The molecule has 1 aromatic heterocycles. The maximum atomic E-state index is 12.1. The van der Waals surface area contributed by atoms with E-state index in [9.17, 15) is 18.0 Å². The largest absolute Gasteiger partial charge is 0.452 e. The van der Waals surface area contributed by atoms with Crippen LogP contribution in [0.15, 0.2) is 47.5 Å². The monoisotopic (exact) mass is 445 g/mol. The standard InChI is InChI=1S/C17H17Cl2N3O5S/c1-11(17(24)22-15-7-4-13(19)10-20-15)27-16(23)8-9-21-28(25,26)14-5-2-12(18)3-6-14/h2-7,10-11,21H,8-9H2,1H3,(H,20,22,24)/t11-/m0/s1. The maximum absolute atomic E-state index is 12.1. The summed E-state index contributed by atoms with van der Waals surface area (Å²) < 4.78 is 31.5. The van der Waals surface area contributed by atoms with Crippen LogP contribution in [0.3, 0.4) is 0 Å². The number of aromatic nitrogens is 1. The average Bonchev–Trinajstić information content (AvgIpc) is 2.63. The molecule has 0 aliphatic heterocycles. The van der Waals surface area contributed by atoms with Crippen molar-refractivity contribution < 1.29 is 22.7 Å². The van der Waals surface area contributed by atoms with Crippen LogP contribution < -0.4 is 10.0 Å². The van der Waals surface area contributed by atoms with Crippen molar-refractivity contribution >= 4 is 50.9 Å². The first-order chi connectivity index (χ1) is 13.2. The summed E-state index contributed by atoms with van der Waals surface area (Å²) in [5.41, 5.74) is 0. The number of pyridine rings is 1. The topological polar surface area (TPSA) is 114 Å². The number of nitrogens with one attached hydrogen (secondary N) is 2. The molecular formula is C17H17Cl2N3O5S. The Morgan fingerprint density at radius 3 is 2.36 bits per heavy atom. The summed E-state index contributed by atoms with van der Waals surface area (Å²) in [6, 6.07) is 8.63. The molecule has 0 saturated carbocycles. The number of anilines is 1. The van der Waals surface area contributed by atoms with Gasteiger partial charge in [-0.05, 0) is 43.3 Å². The van der Waals surface area contributed by atoms with Crippen molar-refractivity contribution in [2.75, 3.05) is 11.9 Å². The first-order valence-electron chi connectivity index (χ1n) is 8.04. The number of nitrogens with zero attached hydrogens (tertiary/aromatic N) is 1. The molecule has 1 amide bonds. The van der Waals surface area contributed by atoms with Crippen molar-refractivity contribution in [3.8, 4) is 0 Å². The molecule has 1 heterocycles. The predicted octanol–water partition coefficient (Wildman–Crippen LogP) is 2.63. The van der Waals surface area contributed by atoms with Gasteiger partial charge in [-0.2, -0.15) is 0 Å². The third kappa shape index (κ3) is 6.75. The second-order valence-corrected chi connectivity index (χ2v) is 8.22. The van der Waals surface area contributed by atoms with Crippen LogP contribution in [0.1, 0.15) is 13.3 Å². The number of amides is 1. The molecule has 1 aromatic carbocycles. The van der Waals surface area contributed by atoms with E-state index >= 15 is 0 Å². The lowest BCUT2D eigenvalue weighted by Gasteiger charge is -2.13. The van der Waals surface area contributed by atoms with Crippen LogP contribution in [0.25, 0.3) is 0 Å². The number of rotatable bonds is 8. The third-order valence-electron chi connectivity index (χ3n) is 3.40. The highest BCUT2D eigenvalue weighted by atomic mass is 35.5. The van der Waals surface area contributed by atoms with E-state index in [1.54, 1.807) is 6.07 Å².